The molecule has 1 aliphatic rings. The van der Waals surface area contributed by atoms with Crippen LogP contribution in [0.2, 0.25) is 5.02 Å². The van der Waals surface area contributed by atoms with Crippen LogP contribution in [-0.4, -0.2) is 29.3 Å². The SMILES string of the molecule is CSc1nc(-c2ccc(N3CCCC3)cc2Cl)c(C#N)c(=O)[nH]1. The second kappa shape index (κ2) is 6.65. The minimum Gasteiger partial charge on any atom is -0.371 e. The second-order valence-electron chi connectivity index (χ2n) is 5.27. The summed E-state index contributed by atoms with van der Waals surface area (Å²) in [5, 5.41) is 10.2. The Kier molecular flexibility index (Phi) is 4.60. The molecule has 5 nitrogen and oxygen atoms in total. The maximum atomic E-state index is 12.0. The number of hydrogen-bond donors (Lipinski definition) is 1. The molecule has 0 spiro atoms. The highest BCUT2D eigenvalue weighted by Gasteiger charge is 2.18. The lowest BCUT2D eigenvalue weighted by molar-refractivity contribution is 0.937. The topological polar surface area (TPSA) is 72.8 Å². The molecule has 118 valence electrons. The van der Waals surface area contributed by atoms with E-state index >= 15 is 0 Å². The Balaban J connectivity index is 2.10. The summed E-state index contributed by atoms with van der Waals surface area (Å²) in [5.41, 5.74) is 1.54. The summed E-state index contributed by atoms with van der Waals surface area (Å²) in [7, 11) is 0. The second-order valence-corrected chi connectivity index (χ2v) is 6.47. The third kappa shape index (κ3) is 3.07. The van der Waals surface area contributed by atoms with Gasteiger partial charge in [0.1, 0.15) is 11.6 Å². The molecule has 1 fully saturated rings. The first-order valence-corrected chi connectivity index (χ1v) is 8.87. The van der Waals surface area contributed by atoms with Gasteiger partial charge in [-0.15, -0.1) is 0 Å². The van der Waals surface area contributed by atoms with E-state index in [-0.39, 0.29) is 5.56 Å². The molecule has 0 atom stereocenters. The molecular weight excluding hydrogens is 332 g/mol. The summed E-state index contributed by atoms with van der Waals surface area (Å²) in [5.74, 6) is 0. The van der Waals surface area contributed by atoms with Crippen molar-refractivity contribution in [3.63, 3.8) is 0 Å². The number of nitrogens with one attached hydrogen (secondary N) is 1. The fourth-order valence-corrected chi connectivity index (χ4v) is 3.36. The lowest BCUT2D eigenvalue weighted by Crippen LogP contribution is -2.17. The molecule has 0 amide bonds. The molecular formula is C16H15ClN4OS. The smallest absolute Gasteiger partial charge is 0.270 e. The molecule has 0 radical (unpaired) electrons. The van der Waals surface area contributed by atoms with Crippen LogP contribution >= 0.6 is 23.4 Å². The number of hydrogen-bond acceptors (Lipinski definition) is 5. The Morgan fingerprint density at radius 2 is 2.13 bits per heavy atom. The lowest BCUT2D eigenvalue weighted by atomic mass is 10.1. The number of halogens is 1. The number of rotatable bonds is 3. The molecule has 2 heterocycles. The molecule has 0 aliphatic carbocycles. The number of benzene rings is 1. The Labute approximate surface area is 143 Å². The highest BCUT2D eigenvalue weighted by Crippen LogP contribution is 2.33. The molecule has 1 aromatic heterocycles. The summed E-state index contributed by atoms with van der Waals surface area (Å²) in [4.78, 5) is 21.3. The highest BCUT2D eigenvalue weighted by molar-refractivity contribution is 7.98. The Bertz CT molecular complexity index is 837. The van der Waals surface area contributed by atoms with Gasteiger partial charge < -0.3 is 9.88 Å². The van der Waals surface area contributed by atoms with Crippen LogP contribution in [0.15, 0.2) is 28.2 Å². The Morgan fingerprint density at radius 3 is 2.74 bits per heavy atom. The largest absolute Gasteiger partial charge is 0.371 e. The lowest BCUT2D eigenvalue weighted by Gasteiger charge is -2.18. The van der Waals surface area contributed by atoms with E-state index in [1.807, 2.05) is 30.5 Å². The van der Waals surface area contributed by atoms with E-state index in [2.05, 4.69) is 14.9 Å². The molecule has 1 N–H and O–H groups in total. The van der Waals surface area contributed by atoms with Crippen molar-refractivity contribution in [3.8, 4) is 17.3 Å². The van der Waals surface area contributed by atoms with Crippen molar-refractivity contribution in [2.75, 3.05) is 24.2 Å². The summed E-state index contributed by atoms with van der Waals surface area (Å²) >= 11 is 7.74. The van der Waals surface area contributed by atoms with E-state index in [1.54, 1.807) is 0 Å². The monoisotopic (exact) mass is 346 g/mol. The van der Waals surface area contributed by atoms with Crippen LogP contribution < -0.4 is 10.5 Å². The van der Waals surface area contributed by atoms with E-state index < -0.39 is 5.56 Å². The average molecular weight is 347 g/mol. The standard InChI is InChI=1S/C16H15ClN4OS/c1-23-16-19-14(12(9-18)15(22)20-16)11-5-4-10(8-13(11)17)21-6-2-3-7-21/h4-5,8H,2-3,6-7H2,1H3,(H,19,20,22). The van der Waals surface area contributed by atoms with E-state index in [1.165, 1.54) is 24.6 Å². The zero-order valence-corrected chi connectivity index (χ0v) is 14.2. The Hall–Kier alpha value is -1.97. The van der Waals surface area contributed by atoms with Crippen LogP contribution in [-0.2, 0) is 0 Å². The van der Waals surface area contributed by atoms with Crippen LogP contribution in [0.1, 0.15) is 18.4 Å². The number of H-pyrrole nitrogens is 1. The Morgan fingerprint density at radius 1 is 1.39 bits per heavy atom. The van der Waals surface area contributed by atoms with Crippen LogP contribution in [0.5, 0.6) is 0 Å². The normalized spacial score (nSPS) is 14.0. The van der Waals surface area contributed by atoms with Crippen molar-refractivity contribution in [1.82, 2.24) is 9.97 Å². The number of thioether (sulfide) groups is 1. The number of anilines is 1. The minimum atomic E-state index is -0.443. The maximum absolute atomic E-state index is 12.0. The number of nitrogens with zero attached hydrogens (tertiary/aromatic N) is 3. The zero-order valence-electron chi connectivity index (χ0n) is 12.6. The van der Waals surface area contributed by atoms with Gasteiger partial charge in [0.25, 0.3) is 5.56 Å². The molecule has 3 rings (SSSR count). The molecule has 0 unspecified atom stereocenters. The third-order valence-corrected chi connectivity index (χ3v) is 4.77. The number of aromatic nitrogens is 2. The van der Waals surface area contributed by atoms with Gasteiger partial charge in [-0.1, -0.05) is 23.4 Å². The van der Waals surface area contributed by atoms with Crippen LogP contribution in [0.4, 0.5) is 5.69 Å². The zero-order chi connectivity index (χ0) is 16.4. The van der Waals surface area contributed by atoms with Gasteiger partial charge in [-0.3, -0.25) is 4.79 Å². The predicted octanol–water partition coefficient (Wildman–Crippen LogP) is 3.28. The third-order valence-electron chi connectivity index (χ3n) is 3.88. The van der Waals surface area contributed by atoms with Crippen molar-refractivity contribution in [3.05, 3.63) is 39.1 Å². The average Bonchev–Trinajstić information content (AvgIpc) is 3.08. The first kappa shape index (κ1) is 15.9. The van der Waals surface area contributed by atoms with Crippen molar-refractivity contribution in [1.29, 1.82) is 5.26 Å². The quantitative estimate of drug-likeness (QED) is 0.682. The molecule has 2 aromatic rings. The van der Waals surface area contributed by atoms with E-state index in [0.29, 0.717) is 21.4 Å². The van der Waals surface area contributed by atoms with E-state index in [9.17, 15) is 10.1 Å². The molecule has 23 heavy (non-hydrogen) atoms. The van der Waals surface area contributed by atoms with Crippen molar-refractivity contribution in [2.24, 2.45) is 0 Å². The van der Waals surface area contributed by atoms with Crippen LogP contribution in [0.25, 0.3) is 11.3 Å². The maximum Gasteiger partial charge on any atom is 0.270 e. The van der Waals surface area contributed by atoms with Crippen molar-refractivity contribution < 1.29 is 0 Å². The summed E-state index contributed by atoms with van der Waals surface area (Å²) < 4.78 is 0. The number of nitriles is 1. The number of aromatic amines is 1. The molecule has 7 heteroatoms. The van der Waals surface area contributed by atoms with Gasteiger partial charge in [0.15, 0.2) is 5.16 Å². The van der Waals surface area contributed by atoms with Gasteiger partial charge in [-0.2, -0.15) is 5.26 Å². The van der Waals surface area contributed by atoms with Gasteiger partial charge >= 0.3 is 0 Å². The minimum absolute atomic E-state index is 0.0152. The van der Waals surface area contributed by atoms with Gasteiger partial charge in [0, 0.05) is 24.3 Å². The molecule has 1 aromatic carbocycles. The van der Waals surface area contributed by atoms with Gasteiger partial charge in [-0.25, -0.2) is 4.98 Å². The summed E-state index contributed by atoms with van der Waals surface area (Å²) in [6, 6.07) is 7.61. The molecule has 0 bridgehead atoms. The van der Waals surface area contributed by atoms with Crippen molar-refractivity contribution in [2.45, 2.75) is 18.0 Å². The van der Waals surface area contributed by atoms with Crippen LogP contribution in [0.3, 0.4) is 0 Å². The molecule has 0 saturated carbocycles. The molecule has 1 aliphatic heterocycles. The fourth-order valence-electron chi connectivity index (χ4n) is 2.72. The highest BCUT2D eigenvalue weighted by atomic mass is 35.5. The van der Waals surface area contributed by atoms with Gasteiger partial charge in [-0.05, 0) is 37.3 Å². The van der Waals surface area contributed by atoms with Gasteiger partial charge in [0.2, 0.25) is 0 Å². The molecule has 1 saturated heterocycles. The first-order valence-electron chi connectivity index (χ1n) is 7.27. The van der Waals surface area contributed by atoms with Crippen LogP contribution in [0, 0.1) is 11.3 Å². The summed E-state index contributed by atoms with van der Waals surface area (Å²) in [6.45, 7) is 2.05. The van der Waals surface area contributed by atoms with E-state index in [0.717, 1.165) is 18.8 Å². The predicted molar refractivity (Wildman–Crippen MR) is 93.2 cm³/mol. The van der Waals surface area contributed by atoms with E-state index in [4.69, 9.17) is 11.6 Å². The van der Waals surface area contributed by atoms with Gasteiger partial charge in [0.05, 0.1) is 10.7 Å². The fraction of sp³-hybridized carbons (Fsp3) is 0.312. The summed E-state index contributed by atoms with van der Waals surface area (Å²) in [6.07, 6.45) is 4.18. The van der Waals surface area contributed by atoms with Crippen molar-refractivity contribution >= 4 is 29.1 Å². The first-order chi connectivity index (χ1) is 11.1.